The Kier molecular flexibility index (Phi) is 1.68. The van der Waals surface area contributed by atoms with Gasteiger partial charge in [0.1, 0.15) is 5.82 Å². The molecule has 2 nitrogen and oxygen atoms in total. The van der Waals surface area contributed by atoms with Crippen LogP contribution in [0.4, 0.5) is 0 Å². The molecule has 0 aliphatic carbocycles. The molecular formula is C9H14N2. The van der Waals surface area contributed by atoms with E-state index in [1.807, 2.05) is 0 Å². The highest BCUT2D eigenvalue weighted by Gasteiger charge is 2.10. The summed E-state index contributed by atoms with van der Waals surface area (Å²) in [6, 6.07) is 0. The van der Waals surface area contributed by atoms with Gasteiger partial charge in [-0.3, -0.25) is 0 Å². The zero-order chi connectivity index (χ0) is 7.68. The maximum atomic E-state index is 4.53. The van der Waals surface area contributed by atoms with Crippen LogP contribution in [0.5, 0.6) is 0 Å². The van der Waals surface area contributed by atoms with Crippen LogP contribution in [0.15, 0.2) is 6.20 Å². The van der Waals surface area contributed by atoms with Gasteiger partial charge in [0.15, 0.2) is 0 Å². The Labute approximate surface area is 67.3 Å². The van der Waals surface area contributed by atoms with Crippen LogP contribution >= 0.6 is 0 Å². The van der Waals surface area contributed by atoms with E-state index in [2.05, 4.69) is 22.7 Å². The number of aryl methyl sites for hydroxylation is 3. The van der Waals surface area contributed by atoms with Crippen molar-refractivity contribution in [3.8, 4) is 0 Å². The summed E-state index contributed by atoms with van der Waals surface area (Å²) in [5.41, 5.74) is 1.25. The third kappa shape index (κ3) is 1.17. The van der Waals surface area contributed by atoms with Crippen molar-refractivity contribution < 1.29 is 0 Å². The average Bonchev–Trinajstić information content (AvgIpc) is 2.46. The lowest BCUT2D eigenvalue weighted by Gasteiger charge is -2.11. The first-order chi connectivity index (χ1) is 5.40. The van der Waals surface area contributed by atoms with E-state index in [0.717, 1.165) is 6.42 Å². The molecule has 0 saturated carbocycles. The van der Waals surface area contributed by atoms with E-state index in [4.69, 9.17) is 0 Å². The van der Waals surface area contributed by atoms with Crippen molar-refractivity contribution >= 4 is 0 Å². The summed E-state index contributed by atoms with van der Waals surface area (Å²) < 4.78 is 2.31. The van der Waals surface area contributed by atoms with E-state index in [1.54, 1.807) is 0 Å². The molecule has 0 aromatic carbocycles. The van der Waals surface area contributed by atoms with Crippen LogP contribution in [0.25, 0.3) is 0 Å². The van der Waals surface area contributed by atoms with Crippen LogP contribution < -0.4 is 0 Å². The second kappa shape index (κ2) is 2.68. The van der Waals surface area contributed by atoms with Crippen LogP contribution in [-0.2, 0) is 19.4 Å². The summed E-state index contributed by atoms with van der Waals surface area (Å²) in [5, 5.41) is 0. The fraction of sp³-hybridized carbons (Fsp3) is 0.667. The predicted octanol–water partition coefficient (Wildman–Crippen LogP) is 1.78. The van der Waals surface area contributed by atoms with Gasteiger partial charge in [-0.2, -0.15) is 0 Å². The first-order valence-electron chi connectivity index (χ1n) is 4.45. The molecule has 1 aliphatic rings. The number of aromatic nitrogens is 2. The molecule has 2 heterocycles. The lowest BCUT2D eigenvalue weighted by Crippen LogP contribution is -2.08. The SMILES string of the molecule is CCc1cn2c(n1)CCCC2. The molecule has 0 amide bonds. The number of imidazole rings is 1. The van der Waals surface area contributed by atoms with Gasteiger partial charge in [0.05, 0.1) is 5.69 Å². The van der Waals surface area contributed by atoms with Crippen molar-refractivity contribution in [1.29, 1.82) is 0 Å². The molecule has 1 aromatic heterocycles. The molecule has 2 heteroatoms. The monoisotopic (exact) mass is 150 g/mol. The molecule has 0 fully saturated rings. The Balaban J connectivity index is 2.32. The summed E-state index contributed by atoms with van der Waals surface area (Å²) in [6.07, 6.45) is 7.10. The Hall–Kier alpha value is -0.790. The highest BCUT2D eigenvalue weighted by Crippen LogP contribution is 2.14. The maximum absolute atomic E-state index is 4.53. The molecule has 60 valence electrons. The minimum absolute atomic E-state index is 1.07. The largest absolute Gasteiger partial charge is 0.335 e. The van der Waals surface area contributed by atoms with E-state index in [-0.39, 0.29) is 0 Å². The van der Waals surface area contributed by atoms with Gasteiger partial charge in [-0.1, -0.05) is 6.92 Å². The second-order valence-electron chi connectivity index (χ2n) is 3.15. The molecule has 1 aromatic rings. The van der Waals surface area contributed by atoms with Crippen molar-refractivity contribution in [2.75, 3.05) is 0 Å². The van der Waals surface area contributed by atoms with E-state index < -0.39 is 0 Å². The molecule has 0 atom stereocenters. The fourth-order valence-electron chi connectivity index (χ4n) is 1.64. The molecule has 0 saturated heterocycles. The predicted molar refractivity (Wildman–Crippen MR) is 44.5 cm³/mol. The van der Waals surface area contributed by atoms with E-state index in [1.165, 1.54) is 37.3 Å². The zero-order valence-electron chi connectivity index (χ0n) is 7.01. The van der Waals surface area contributed by atoms with Crippen LogP contribution in [-0.4, -0.2) is 9.55 Å². The van der Waals surface area contributed by atoms with Gasteiger partial charge in [-0.15, -0.1) is 0 Å². The number of rotatable bonds is 1. The second-order valence-corrected chi connectivity index (χ2v) is 3.15. The normalized spacial score (nSPS) is 16.5. The van der Waals surface area contributed by atoms with Crippen molar-refractivity contribution in [3.05, 3.63) is 17.7 Å². The number of nitrogens with zero attached hydrogens (tertiary/aromatic N) is 2. The van der Waals surface area contributed by atoms with E-state index >= 15 is 0 Å². The van der Waals surface area contributed by atoms with Gasteiger partial charge in [-0.05, 0) is 19.3 Å². The average molecular weight is 150 g/mol. The summed E-state index contributed by atoms with van der Waals surface area (Å²) in [6.45, 7) is 3.34. The van der Waals surface area contributed by atoms with Crippen molar-refractivity contribution in [2.24, 2.45) is 0 Å². The van der Waals surface area contributed by atoms with Gasteiger partial charge < -0.3 is 4.57 Å². The van der Waals surface area contributed by atoms with Crippen LogP contribution in [0.1, 0.15) is 31.3 Å². The minimum atomic E-state index is 1.07. The number of hydrogen-bond donors (Lipinski definition) is 0. The molecule has 2 rings (SSSR count). The van der Waals surface area contributed by atoms with E-state index in [0.29, 0.717) is 0 Å². The summed E-state index contributed by atoms with van der Waals surface area (Å²) in [4.78, 5) is 4.53. The lowest BCUT2D eigenvalue weighted by molar-refractivity contribution is 0.522. The lowest BCUT2D eigenvalue weighted by atomic mass is 10.2. The highest BCUT2D eigenvalue weighted by molar-refractivity contribution is 5.05. The third-order valence-electron chi connectivity index (χ3n) is 2.32. The van der Waals surface area contributed by atoms with Gasteiger partial charge in [0, 0.05) is 19.2 Å². The Morgan fingerprint density at radius 3 is 3.18 bits per heavy atom. The molecule has 0 bridgehead atoms. The summed E-state index contributed by atoms with van der Waals surface area (Å²) >= 11 is 0. The Morgan fingerprint density at radius 2 is 2.45 bits per heavy atom. The Morgan fingerprint density at radius 1 is 1.55 bits per heavy atom. The van der Waals surface area contributed by atoms with Crippen molar-refractivity contribution in [2.45, 2.75) is 39.2 Å². The number of fused-ring (bicyclic) bond motifs is 1. The summed E-state index contributed by atoms with van der Waals surface area (Å²) in [7, 11) is 0. The van der Waals surface area contributed by atoms with Crippen LogP contribution in [0, 0.1) is 0 Å². The molecule has 0 radical (unpaired) electrons. The van der Waals surface area contributed by atoms with Crippen molar-refractivity contribution in [3.63, 3.8) is 0 Å². The third-order valence-corrected chi connectivity index (χ3v) is 2.32. The van der Waals surface area contributed by atoms with Gasteiger partial charge in [-0.25, -0.2) is 4.98 Å². The fourth-order valence-corrected chi connectivity index (χ4v) is 1.64. The number of hydrogen-bond acceptors (Lipinski definition) is 1. The maximum Gasteiger partial charge on any atom is 0.108 e. The summed E-state index contributed by atoms with van der Waals surface area (Å²) in [5.74, 6) is 1.30. The first kappa shape index (κ1) is 6.89. The standard InChI is InChI=1S/C9H14N2/c1-2-8-7-11-6-4-3-5-9(11)10-8/h7H,2-6H2,1H3. The van der Waals surface area contributed by atoms with Crippen molar-refractivity contribution in [1.82, 2.24) is 9.55 Å². The topological polar surface area (TPSA) is 17.8 Å². The van der Waals surface area contributed by atoms with Gasteiger partial charge in [0.2, 0.25) is 0 Å². The van der Waals surface area contributed by atoms with Gasteiger partial charge >= 0.3 is 0 Å². The first-order valence-corrected chi connectivity index (χ1v) is 4.45. The van der Waals surface area contributed by atoms with Crippen LogP contribution in [0.2, 0.25) is 0 Å². The zero-order valence-corrected chi connectivity index (χ0v) is 7.01. The highest BCUT2D eigenvalue weighted by atomic mass is 15.1. The smallest absolute Gasteiger partial charge is 0.108 e. The molecular weight excluding hydrogens is 136 g/mol. The van der Waals surface area contributed by atoms with Gasteiger partial charge in [0.25, 0.3) is 0 Å². The van der Waals surface area contributed by atoms with E-state index in [9.17, 15) is 0 Å². The molecule has 1 aliphatic heterocycles. The Bertz CT molecular complexity index is 227. The minimum Gasteiger partial charge on any atom is -0.335 e. The molecule has 11 heavy (non-hydrogen) atoms. The molecule has 0 N–H and O–H groups in total. The van der Waals surface area contributed by atoms with Crippen LogP contribution in [0.3, 0.4) is 0 Å². The molecule has 0 spiro atoms. The molecule has 0 unspecified atom stereocenters. The quantitative estimate of drug-likeness (QED) is 0.596.